The van der Waals surface area contributed by atoms with Crippen molar-refractivity contribution in [1.82, 2.24) is 5.01 Å². The molecule has 15 nitrogen and oxygen atoms in total. The highest BCUT2D eigenvalue weighted by Crippen LogP contribution is 2.65. The maximum atomic E-state index is 15.3. The number of amides is 4. The summed E-state index contributed by atoms with van der Waals surface area (Å²) < 4.78 is 0. The number of imide groups is 2. The maximum Gasteiger partial charge on any atom is 0.301 e. The SMILES string of the molecule is Cc1ccc(NN2C(=O)C3CC4C(=CCC5C(=O)N(c6cc([N+](=O)[O-])c(N(C)C)c([N+](=O)[O-])c6)C(=O)C54)C(c4cc(Cl)ccc4O)C3(c3ccccc3)C2=O)cc1. The van der Waals surface area contributed by atoms with E-state index in [4.69, 9.17) is 11.6 Å². The molecule has 0 radical (unpaired) electrons. The molecule has 2 aliphatic carbocycles. The fraction of sp³-hybridized carbons (Fsp3) is 0.268. The van der Waals surface area contributed by atoms with E-state index in [2.05, 4.69) is 5.43 Å². The van der Waals surface area contributed by atoms with Crippen LogP contribution in [0.15, 0.2) is 96.6 Å². The molecule has 4 aromatic carbocycles. The van der Waals surface area contributed by atoms with E-state index < -0.39 is 79.9 Å². The number of phenolic OH excluding ortho intramolecular Hbond substituents is 1. The zero-order valence-corrected chi connectivity index (χ0v) is 31.5. The van der Waals surface area contributed by atoms with Gasteiger partial charge in [-0.05, 0) is 61.6 Å². The fourth-order valence-electron chi connectivity index (χ4n) is 9.56. The van der Waals surface area contributed by atoms with Crippen LogP contribution >= 0.6 is 11.6 Å². The molecule has 3 fully saturated rings. The van der Waals surface area contributed by atoms with E-state index in [1.54, 1.807) is 48.5 Å². The van der Waals surface area contributed by atoms with Crippen molar-refractivity contribution in [2.45, 2.75) is 31.1 Å². The molecule has 6 unspecified atom stereocenters. The number of rotatable bonds is 8. The van der Waals surface area contributed by atoms with Gasteiger partial charge in [-0.3, -0.25) is 44.8 Å². The lowest BCUT2D eigenvalue weighted by Crippen LogP contribution is -2.53. The van der Waals surface area contributed by atoms with E-state index in [1.165, 1.54) is 37.2 Å². The van der Waals surface area contributed by atoms with Gasteiger partial charge in [0.2, 0.25) is 11.8 Å². The first kappa shape index (κ1) is 37.3. The molecule has 16 heteroatoms. The van der Waals surface area contributed by atoms with E-state index in [1.807, 2.05) is 19.1 Å². The molecule has 4 aromatic rings. The smallest absolute Gasteiger partial charge is 0.301 e. The number of nitrogens with one attached hydrogen (secondary N) is 1. The number of nitrogens with zero attached hydrogens (tertiary/aromatic N) is 5. The first-order chi connectivity index (χ1) is 27.2. The van der Waals surface area contributed by atoms with Gasteiger partial charge < -0.3 is 10.0 Å². The number of allylic oxidation sites excluding steroid dienone is 2. The highest BCUT2D eigenvalue weighted by Gasteiger charge is 2.70. The van der Waals surface area contributed by atoms with Crippen LogP contribution in [0.2, 0.25) is 5.02 Å². The third kappa shape index (κ3) is 5.55. The van der Waals surface area contributed by atoms with Crippen molar-refractivity contribution in [2.24, 2.45) is 23.7 Å². The summed E-state index contributed by atoms with van der Waals surface area (Å²) in [7, 11) is 2.81. The predicted octanol–water partition coefficient (Wildman–Crippen LogP) is 6.43. The van der Waals surface area contributed by atoms with E-state index in [0.717, 1.165) is 27.6 Å². The second-order valence-electron chi connectivity index (χ2n) is 15.0. The Morgan fingerprint density at radius 1 is 0.860 bits per heavy atom. The summed E-state index contributed by atoms with van der Waals surface area (Å²) in [5, 5.41) is 37.2. The molecule has 1 saturated carbocycles. The van der Waals surface area contributed by atoms with Gasteiger partial charge in [-0.1, -0.05) is 71.3 Å². The number of benzene rings is 4. The molecule has 0 aromatic heterocycles. The van der Waals surface area contributed by atoms with Gasteiger partial charge >= 0.3 is 11.4 Å². The van der Waals surface area contributed by atoms with Gasteiger partial charge in [0.25, 0.3) is 11.8 Å². The molecule has 0 bridgehead atoms. The molecule has 2 N–H and O–H groups in total. The molecule has 4 amide bonds. The topological polar surface area (TPSA) is 197 Å². The minimum atomic E-state index is -1.66. The van der Waals surface area contributed by atoms with Gasteiger partial charge in [0.05, 0.1) is 44.4 Å². The Kier molecular flexibility index (Phi) is 8.87. The first-order valence-electron chi connectivity index (χ1n) is 18.1. The number of aromatic hydroxyl groups is 1. The third-order valence-electron chi connectivity index (χ3n) is 11.8. The Labute approximate surface area is 330 Å². The van der Waals surface area contributed by atoms with Crippen LogP contribution in [-0.4, -0.2) is 57.7 Å². The van der Waals surface area contributed by atoms with Crippen molar-refractivity contribution < 1.29 is 34.1 Å². The number of carbonyl (C=O) groups is 4. The molecular weight excluding hydrogens is 756 g/mol. The lowest BCUT2D eigenvalue weighted by Gasteiger charge is -2.50. The number of nitro groups is 2. The predicted molar refractivity (Wildman–Crippen MR) is 208 cm³/mol. The summed E-state index contributed by atoms with van der Waals surface area (Å²) >= 11 is 6.57. The number of fused-ring (bicyclic) bond motifs is 4. The molecule has 2 aliphatic heterocycles. The van der Waals surface area contributed by atoms with Crippen molar-refractivity contribution in [3.05, 3.63) is 139 Å². The number of phenols is 1. The number of aryl methyl sites for hydroxylation is 1. The normalized spacial score (nSPS) is 25.1. The number of nitro benzene ring substituents is 2. The van der Waals surface area contributed by atoms with Crippen LogP contribution < -0.4 is 15.2 Å². The van der Waals surface area contributed by atoms with Crippen LogP contribution in [0.3, 0.4) is 0 Å². The van der Waals surface area contributed by atoms with Crippen LogP contribution in [0.4, 0.5) is 28.4 Å². The Morgan fingerprint density at radius 3 is 2.12 bits per heavy atom. The van der Waals surface area contributed by atoms with E-state index in [0.29, 0.717) is 16.8 Å². The molecular formula is C41H35ClN6O9. The second kappa shape index (κ2) is 13.5. The fourth-order valence-corrected chi connectivity index (χ4v) is 9.74. The number of carbonyl (C=O) groups excluding carboxylic acids is 4. The van der Waals surface area contributed by atoms with Gasteiger partial charge in [-0.25, -0.2) is 4.90 Å². The zero-order chi connectivity index (χ0) is 40.7. The van der Waals surface area contributed by atoms with E-state index in [9.17, 15) is 39.7 Å². The lowest BCUT2D eigenvalue weighted by atomic mass is 9.49. The van der Waals surface area contributed by atoms with Crippen molar-refractivity contribution in [3.63, 3.8) is 0 Å². The Morgan fingerprint density at radius 2 is 1.51 bits per heavy atom. The number of halogens is 1. The summed E-state index contributed by atoms with van der Waals surface area (Å²) in [4.78, 5) is 84.0. The second-order valence-corrected chi connectivity index (χ2v) is 15.5. The van der Waals surface area contributed by atoms with Gasteiger partial charge in [0, 0.05) is 42.7 Å². The lowest BCUT2D eigenvalue weighted by molar-refractivity contribution is -0.392. The van der Waals surface area contributed by atoms with Crippen LogP contribution in [0, 0.1) is 50.8 Å². The summed E-state index contributed by atoms with van der Waals surface area (Å²) in [5.74, 6) is -8.01. The maximum absolute atomic E-state index is 15.3. The van der Waals surface area contributed by atoms with Gasteiger partial charge in [-0.2, -0.15) is 5.01 Å². The average Bonchev–Trinajstić information content (AvgIpc) is 3.57. The minimum Gasteiger partial charge on any atom is -0.508 e. The standard InChI is InChI=1S/C41H35ClN6O9/c1-21-9-12-24(13-10-21)43-46-38(51)30-20-28-26(35(29-17-23(42)11-16-33(29)49)41(30,40(46)53)22-7-5-4-6-8-22)14-15-27-34(28)39(52)45(37(27)50)25-18-31(47(54)55)36(44(2)3)32(19-25)48(56)57/h4-14,16-19,27-28,30,34-35,43,49H,15,20H2,1-3H3. The molecule has 0 spiro atoms. The molecule has 6 atom stereocenters. The molecule has 2 heterocycles. The van der Waals surface area contributed by atoms with Gasteiger partial charge in [0.1, 0.15) is 5.75 Å². The molecule has 57 heavy (non-hydrogen) atoms. The monoisotopic (exact) mass is 790 g/mol. The Bertz CT molecular complexity index is 2420. The van der Waals surface area contributed by atoms with Crippen LogP contribution in [0.5, 0.6) is 5.75 Å². The van der Waals surface area contributed by atoms with Crippen LogP contribution in [0.25, 0.3) is 0 Å². The summed E-state index contributed by atoms with van der Waals surface area (Å²) in [6.45, 7) is 1.90. The summed E-state index contributed by atoms with van der Waals surface area (Å²) in [6.07, 6.45) is 1.71. The Hall–Kier alpha value is -6.61. The van der Waals surface area contributed by atoms with Crippen LogP contribution in [-0.2, 0) is 24.6 Å². The van der Waals surface area contributed by atoms with E-state index >= 15 is 4.79 Å². The quantitative estimate of drug-likeness (QED) is 0.0864. The molecule has 290 valence electrons. The van der Waals surface area contributed by atoms with Gasteiger partial charge in [-0.15, -0.1) is 0 Å². The minimum absolute atomic E-state index is 0.00161. The first-order valence-corrected chi connectivity index (χ1v) is 18.5. The number of hydrogen-bond acceptors (Lipinski definition) is 11. The number of hydrogen-bond donors (Lipinski definition) is 2. The van der Waals surface area contributed by atoms with Crippen molar-refractivity contribution >= 4 is 63.7 Å². The van der Waals surface area contributed by atoms with E-state index in [-0.39, 0.29) is 40.6 Å². The molecule has 4 aliphatic rings. The van der Waals surface area contributed by atoms with Gasteiger partial charge in [0.15, 0.2) is 5.69 Å². The summed E-state index contributed by atoms with van der Waals surface area (Å²) in [6, 6.07) is 22.3. The highest BCUT2D eigenvalue weighted by atomic mass is 35.5. The number of hydrazine groups is 1. The average molecular weight is 791 g/mol. The number of anilines is 3. The largest absolute Gasteiger partial charge is 0.508 e. The summed E-state index contributed by atoms with van der Waals surface area (Å²) in [5.41, 5.74) is 2.06. The zero-order valence-electron chi connectivity index (χ0n) is 30.8. The van der Waals surface area contributed by atoms with Crippen molar-refractivity contribution in [2.75, 3.05) is 29.3 Å². The third-order valence-corrected chi connectivity index (χ3v) is 12.1. The highest BCUT2D eigenvalue weighted by molar-refractivity contribution is 6.30. The Balaban J connectivity index is 1.31. The molecule has 2 saturated heterocycles. The van der Waals surface area contributed by atoms with Crippen LogP contribution in [0.1, 0.15) is 35.4 Å². The van der Waals surface area contributed by atoms with Crippen molar-refractivity contribution in [3.8, 4) is 5.75 Å². The van der Waals surface area contributed by atoms with Crippen molar-refractivity contribution in [1.29, 1.82) is 0 Å². The molecule has 8 rings (SSSR count).